The van der Waals surface area contributed by atoms with Crippen molar-refractivity contribution >= 4 is 45.6 Å². The molecule has 248 valence electrons. The summed E-state index contributed by atoms with van der Waals surface area (Å²) in [6.45, 7) is 6.70. The molecular formula is C34H37N9O5. The number of aryl methyl sites for hydroxylation is 2. The quantitative estimate of drug-likeness (QED) is 0.231. The first-order chi connectivity index (χ1) is 23.0. The molecule has 0 unspecified atom stereocenters. The molecule has 0 saturated carbocycles. The van der Waals surface area contributed by atoms with Gasteiger partial charge >= 0.3 is 11.7 Å². The second-order valence-corrected chi connectivity index (χ2v) is 11.5. The average molecular weight is 652 g/mol. The number of nitrogens with two attached hydrogens (primary N) is 1. The second-order valence-electron chi connectivity index (χ2n) is 11.5. The Morgan fingerprint density at radius 2 is 1.79 bits per heavy atom. The standard InChI is InChI=1S/C25H28N8O2.C9H9NO3/c1-4-5-13-32-21-22(29-24(32)31-12-8-9-17(26)14-31)30(3)25(35)33(23(21)34)15-20-27-16(2)18-10-6-7-11-19(18)28-20;1-6(11)10-8-4-2-7(3-5-8)9(12)13/h6-7,10-11,17H,8-9,12-15,26H2,1-3H3;2-5H,1H3,(H,10,11)(H,12,13)/t17-;/m1./s1. The molecule has 14 heteroatoms. The lowest BCUT2D eigenvalue weighted by atomic mass is 10.1. The summed E-state index contributed by atoms with van der Waals surface area (Å²) < 4.78 is 4.39. The fraction of sp³-hybridized carbons (Fsp3) is 0.324. The molecule has 5 aromatic rings. The van der Waals surface area contributed by atoms with Gasteiger partial charge in [-0.15, -0.1) is 5.92 Å². The Labute approximate surface area is 275 Å². The second kappa shape index (κ2) is 14.3. The van der Waals surface area contributed by atoms with Crippen LogP contribution in [0, 0.1) is 18.8 Å². The number of hydrogen-bond donors (Lipinski definition) is 3. The highest BCUT2D eigenvalue weighted by Gasteiger charge is 2.26. The number of anilines is 2. The van der Waals surface area contributed by atoms with Crippen LogP contribution in [0.2, 0.25) is 0 Å². The topological polar surface area (TPSA) is 183 Å². The maximum Gasteiger partial charge on any atom is 0.335 e. The number of imidazole rings is 1. The molecule has 3 aromatic heterocycles. The Kier molecular flexibility index (Phi) is 10.0. The van der Waals surface area contributed by atoms with Gasteiger partial charge in [0.1, 0.15) is 5.82 Å². The van der Waals surface area contributed by atoms with E-state index in [4.69, 9.17) is 15.8 Å². The lowest BCUT2D eigenvalue weighted by Crippen LogP contribution is -2.44. The van der Waals surface area contributed by atoms with E-state index in [2.05, 4.69) is 32.0 Å². The lowest BCUT2D eigenvalue weighted by Gasteiger charge is -2.31. The molecule has 6 rings (SSSR count). The molecule has 0 radical (unpaired) electrons. The Bertz CT molecular complexity index is 2190. The SMILES string of the molecule is CC#CCn1c(N2CCC[C@@H](N)C2)nc2c1c(=O)n(Cc1nc(C)c3ccccc3n1)c(=O)n2C.CC(=O)Nc1ccc(C(=O)O)cc1. The van der Waals surface area contributed by atoms with E-state index in [0.717, 1.165) is 36.0 Å². The number of piperidine rings is 1. The number of amides is 1. The summed E-state index contributed by atoms with van der Waals surface area (Å²) in [4.78, 5) is 64.0. The minimum Gasteiger partial charge on any atom is -0.478 e. The zero-order valence-corrected chi connectivity index (χ0v) is 27.2. The number of rotatable bonds is 6. The summed E-state index contributed by atoms with van der Waals surface area (Å²) >= 11 is 0. The van der Waals surface area contributed by atoms with Crippen molar-refractivity contribution in [3.8, 4) is 11.8 Å². The number of nitrogens with zero attached hydrogens (tertiary/aromatic N) is 7. The Morgan fingerprint density at radius 3 is 2.46 bits per heavy atom. The molecule has 14 nitrogen and oxygen atoms in total. The van der Waals surface area contributed by atoms with Gasteiger partial charge in [-0.25, -0.2) is 19.6 Å². The minimum absolute atomic E-state index is 0.0306. The van der Waals surface area contributed by atoms with Gasteiger partial charge < -0.3 is 21.1 Å². The summed E-state index contributed by atoms with van der Waals surface area (Å²) in [6.07, 6.45) is 1.88. The van der Waals surface area contributed by atoms with Crippen molar-refractivity contribution in [3.63, 3.8) is 0 Å². The van der Waals surface area contributed by atoms with E-state index in [9.17, 15) is 19.2 Å². The van der Waals surface area contributed by atoms with Crippen LogP contribution in [0.3, 0.4) is 0 Å². The first kappa shape index (κ1) is 33.6. The number of fused-ring (bicyclic) bond motifs is 2. The van der Waals surface area contributed by atoms with Gasteiger partial charge in [0.15, 0.2) is 11.2 Å². The van der Waals surface area contributed by atoms with Crippen LogP contribution in [0.15, 0.2) is 58.1 Å². The molecule has 1 fully saturated rings. The predicted octanol–water partition coefficient (Wildman–Crippen LogP) is 2.49. The lowest BCUT2D eigenvalue weighted by molar-refractivity contribution is -0.114. The summed E-state index contributed by atoms with van der Waals surface area (Å²) in [7, 11) is 1.63. The van der Waals surface area contributed by atoms with Crippen molar-refractivity contribution < 1.29 is 14.7 Å². The van der Waals surface area contributed by atoms with Crippen LogP contribution in [0.4, 0.5) is 11.6 Å². The molecule has 1 amide bonds. The number of carbonyl (C=O) groups excluding carboxylic acids is 1. The fourth-order valence-electron chi connectivity index (χ4n) is 5.65. The van der Waals surface area contributed by atoms with Gasteiger partial charge in [0, 0.05) is 49.9 Å². The van der Waals surface area contributed by atoms with Crippen molar-refractivity contribution in [1.29, 1.82) is 0 Å². The van der Waals surface area contributed by atoms with E-state index >= 15 is 0 Å². The first-order valence-electron chi connectivity index (χ1n) is 15.4. The van der Waals surface area contributed by atoms with Gasteiger partial charge in [-0.05, 0) is 57.0 Å². The third-order valence-electron chi connectivity index (χ3n) is 7.96. The van der Waals surface area contributed by atoms with E-state index in [1.807, 2.05) is 31.2 Å². The van der Waals surface area contributed by atoms with Gasteiger partial charge in [0.25, 0.3) is 5.56 Å². The largest absolute Gasteiger partial charge is 0.478 e. The number of carboxylic acid groups (broad SMARTS) is 1. The molecule has 48 heavy (non-hydrogen) atoms. The summed E-state index contributed by atoms with van der Waals surface area (Å²) in [5.41, 5.74) is 8.34. The van der Waals surface area contributed by atoms with E-state index < -0.39 is 17.2 Å². The molecular weight excluding hydrogens is 614 g/mol. The van der Waals surface area contributed by atoms with Gasteiger partial charge in [-0.2, -0.15) is 4.98 Å². The highest BCUT2D eigenvalue weighted by atomic mass is 16.4. The molecule has 0 aliphatic carbocycles. The smallest absolute Gasteiger partial charge is 0.335 e. The molecule has 0 bridgehead atoms. The van der Waals surface area contributed by atoms with Gasteiger partial charge in [0.2, 0.25) is 11.9 Å². The van der Waals surface area contributed by atoms with E-state index in [-0.39, 0.29) is 30.6 Å². The zero-order chi connectivity index (χ0) is 34.5. The van der Waals surface area contributed by atoms with E-state index in [0.29, 0.717) is 35.2 Å². The van der Waals surface area contributed by atoms with Crippen LogP contribution in [0.25, 0.3) is 22.1 Å². The predicted molar refractivity (Wildman–Crippen MR) is 183 cm³/mol. The fourth-order valence-corrected chi connectivity index (χ4v) is 5.65. The number of hydrogen-bond acceptors (Lipinski definition) is 9. The molecule has 1 aliphatic rings. The molecule has 1 saturated heterocycles. The number of aromatic carboxylic acids is 1. The molecule has 4 N–H and O–H groups in total. The number of para-hydroxylation sites is 1. The van der Waals surface area contributed by atoms with Crippen molar-refractivity contribution in [2.45, 2.75) is 52.7 Å². The average Bonchev–Trinajstić information content (AvgIpc) is 3.45. The van der Waals surface area contributed by atoms with E-state index in [1.54, 1.807) is 30.7 Å². The van der Waals surface area contributed by atoms with Crippen LogP contribution in [0.1, 0.15) is 48.6 Å². The van der Waals surface area contributed by atoms with Gasteiger partial charge in [-0.1, -0.05) is 24.1 Å². The zero-order valence-electron chi connectivity index (χ0n) is 27.2. The van der Waals surface area contributed by atoms with Crippen LogP contribution in [-0.2, 0) is 24.9 Å². The summed E-state index contributed by atoms with van der Waals surface area (Å²) in [5, 5.41) is 12.0. The normalized spacial score (nSPS) is 14.2. The number of carbonyl (C=O) groups is 2. The molecule has 1 aliphatic heterocycles. The van der Waals surface area contributed by atoms with Crippen molar-refractivity contribution in [3.05, 3.63) is 86.5 Å². The molecule has 4 heterocycles. The maximum atomic E-state index is 13.7. The minimum atomic E-state index is -0.977. The highest BCUT2D eigenvalue weighted by molar-refractivity contribution is 5.91. The number of carboxylic acids is 1. The molecule has 0 spiro atoms. The molecule has 2 aromatic carbocycles. The maximum absolute atomic E-state index is 13.7. The van der Waals surface area contributed by atoms with Crippen LogP contribution >= 0.6 is 0 Å². The Morgan fingerprint density at radius 1 is 1.06 bits per heavy atom. The Hall–Kier alpha value is -5.81. The Balaban J connectivity index is 0.000000292. The highest BCUT2D eigenvalue weighted by Crippen LogP contribution is 2.23. The summed E-state index contributed by atoms with van der Waals surface area (Å²) in [5.74, 6) is 5.80. The monoisotopic (exact) mass is 651 g/mol. The van der Waals surface area contributed by atoms with Crippen molar-refractivity contribution in [2.75, 3.05) is 23.3 Å². The van der Waals surface area contributed by atoms with Crippen LogP contribution in [-0.4, -0.2) is 64.8 Å². The summed E-state index contributed by atoms with van der Waals surface area (Å²) in [6, 6.07) is 13.7. The number of benzene rings is 2. The van der Waals surface area contributed by atoms with Crippen LogP contribution in [0.5, 0.6) is 0 Å². The number of aromatic nitrogens is 6. The van der Waals surface area contributed by atoms with Crippen molar-refractivity contribution in [2.24, 2.45) is 12.8 Å². The van der Waals surface area contributed by atoms with E-state index in [1.165, 1.54) is 28.2 Å². The molecule has 1 atom stereocenters. The van der Waals surface area contributed by atoms with Gasteiger partial charge in [-0.3, -0.25) is 23.3 Å². The number of nitrogens with one attached hydrogen (secondary N) is 1. The third-order valence-corrected chi connectivity index (χ3v) is 7.96. The van der Waals surface area contributed by atoms with Gasteiger partial charge in [0.05, 0.1) is 24.2 Å². The third kappa shape index (κ3) is 7.11. The van der Waals surface area contributed by atoms with Crippen molar-refractivity contribution in [1.82, 2.24) is 28.7 Å². The first-order valence-corrected chi connectivity index (χ1v) is 15.4. The van der Waals surface area contributed by atoms with Crippen LogP contribution < -0.4 is 27.2 Å².